The molecule has 0 fully saturated rings. The van der Waals surface area contributed by atoms with E-state index in [0.29, 0.717) is 23.9 Å². The molecule has 1 heterocycles. The van der Waals surface area contributed by atoms with E-state index in [9.17, 15) is 16.8 Å². The summed E-state index contributed by atoms with van der Waals surface area (Å²) in [6.07, 6.45) is 1.43. The summed E-state index contributed by atoms with van der Waals surface area (Å²) in [5.41, 5.74) is 1.18. The smallest absolute Gasteiger partial charge is 0.261 e. The van der Waals surface area contributed by atoms with Gasteiger partial charge in [0.1, 0.15) is 0 Å². The standard InChI is InChI=1S/C7H9NO2.2CH4O3S/c9-4-6-2-1-3-7(5-10)8-6;2*1-5(2,3)4/h1-3,9-10H,4-5H2;2*1H3,(H,2,3,4). The molecule has 0 spiro atoms. The number of aliphatic hydroxyl groups is 2. The Kier molecular flexibility index (Phi) is 10.3. The number of hydrogen-bond donors (Lipinski definition) is 4. The van der Waals surface area contributed by atoms with E-state index < -0.39 is 20.2 Å². The van der Waals surface area contributed by atoms with E-state index in [-0.39, 0.29) is 13.2 Å². The first-order valence-electron chi connectivity index (χ1n) is 4.88. The summed E-state index contributed by atoms with van der Waals surface area (Å²) >= 11 is 0. The number of aromatic nitrogens is 1. The van der Waals surface area contributed by atoms with Gasteiger partial charge in [0.15, 0.2) is 0 Å². The maximum absolute atomic E-state index is 9.19. The lowest BCUT2D eigenvalue weighted by Crippen LogP contribution is -1.93. The first-order valence-corrected chi connectivity index (χ1v) is 8.58. The Morgan fingerprint density at radius 3 is 1.35 bits per heavy atom. The second-order valence-electron chi connectivity index (χ2n) is 3.40. The summed E-state index contributed by atoms with van der Waals surface area (Å²) in [6.45, 7) is -0.151. The van der Waals surface area contributed by atoms with Crippen molar-refractivity contribution in [3.05, 3.63) is 29.6 Å². The predicted octanol–water partition coefficient (Wildman–Crippen LogP) is -0.926. The Balaban J connectivity index is 0. The van der Waals surface area contributed by atoms with Crippen LogP contribution in [0, 0.1) is 0 Å². The zero-order chi connectivity index (χ0) is 16.4. The molecule has 0 aliphatic carbocycles. The van der Waals surface area contributed by atoms with Gasteiger partial charge in [0.25, 0.3) is 20.2 Å². The van der Waals surface area contributed by atoms with E-state index in [2.05, 4.69) is 4.98 Å². The highest BCUT2D eigenvalue weighted by atomic mass is 32.2. The fourth-order valence-electron chi connectivity index (χ4n) is 0.705. The second kappa shape index (κ2) is 9.74. The van der Waals surface area contributed by atoms with Gasteiger partial charge >= 0.3 is 0 Å². The largest absolute Gasteiger partial charge is 0.390 e. The summed E-state index contributed by atoms with van der Waals surface area (Å²) in [4.78, 5) is 3.91. The number of hydrogen-bond acceptors (Lipinski definition) is 7. The van der Waals surface area contributed by atoms with Crippen molar-refractivity contribution in [2.24, 2.45) is 0 Å². The Labute approximate surface area is 117 Å². The molecular weight excluding hydrogens is 314 g/mol. The quantitative estimate of drug-likeness (QED) is 0.502. The summed E-state index contributed by atoms with van der Waals surface area (Å²) in [5, 5.41) is 17.2. The molecule has 0 bridgehead atoms. The van der Waals surface area contributed by atoms with Crippen molar-refractivity contribution in [1.82, 2.24) is 4.98 Å². The van der Waals surface area contributed by atoms with Gasteiger partial charge in [-0.05, 0) is 12.1 Å². The lowest BCUT2D eigenvalue weighted by Gasteiger charge is -1.96. The Bertz CT molecular complexity index is 516. The molecule has 4 N–H and O–H groups in total. The molecule has 20 heavy (non-hydrogen) atoms. The van der Waals surface area contributed by atoms with Gasteiger partial charge < -0.3 is 10.2 Å². The van der Waals surface area contributed by atoms with Crippen LogP contribution >= 0.6 is 0 Å². The van der Waals surface area contributed by atoms with Crippen molar-refractivity contribution in [3.63, 3.8) is 0 Å². The normalized spacial score (nSPS) is 10.7. The second-order valence-corrected chi connectivity index (χ2v) is 6.33. The highest BCUT2D eigenvalue weighted by molar-refractivity contribution is 7.85. The summed E-state index contributed by atoms with van der Waals surface area (Å²) in [5.74, 6) is 0. The monoisotopic (exact) mass is 331 g/mol. The molecule has 1 aromatic rings. The van der Waals surface area contributed by atoms with Gasteiger partial charge in [-0.25, -0.2) is 0 Å². The number of pyridine rings is 1. The molecule has 9 nitrogen and oxygen atoms in total. The van der Waals surface area contributed by atoms with Crippen LogP contribution in [0.1, 0.15) is 11.4 Å². The Hall–Kier alpha value is -1.11. The summed E-state index contributed by atoms with van der Waals surface area (Å²) < 4.78 is 51.7. The minimum absolute atomic E-state index is 0.0756. The minimum atomic E-state index is -3.67. The molecule has 11 heteroatoms. The van der Waals surface area contributed by atoms with E-state index in [1.165, 1.54) is 0 Å². The van der Waals surface area contributed by atoms with Crippen LogP contribution < -0.4 is 0 Å². The maximum atomic E-state index is 9.19. The molecule has 0 saturated carbocycles. The van der Waals surface area contributed by atoms with Crippen LogP contribution in [0.25, 0.3) is 0 Å². The fraction of sp³-hybridized carbons (Fsp3) is 0.444. The molecule has 118 valence electrons. The van der Waals surface area contributed by atoms with E-state index in [1.54, 1.807) is 18.2 Å². The molecule has 1 rings (SSSR count). The van der Waals surface area contributed by atoms with Crippen LogP contribution in [-0.2, 0) is 33.5 Å². The van der Waals surface area contributed by atoms with Crippen LogP contribution in [-0.4, -0.2) is 53.6 Å². The lowest BCUT2D eigenvalue weighted by molar-refractivity contribution is 0.265. The SMILES string of the molecule is CS(=O)(=O)O.CS(=O)(=O)O.OCc1cccc(CO)n1. The van der Waals surface area contributed by atoms with Crippen molar-refractivity contribution in [3.8, 4) is 0 Å². The molecule has 0 aromatic carbocycles. The molecule has 0 amide bonds. The zero-order valence-corrected chi connectivity index (χ0v) is 12.5. The van der Waals surface area contributed by atoms with Crippen LogP contribution in [0.4, 0.5) is 0 Å². The highest BCUT2D eigenvalue weighted by Gasteiger charge is 1.92. The van der Waals surface area contributed by atoms with Crippen LogP contribution in [0.5, 0.6) is 0 Å². The van der Waals surface area contributed by atoms with Gasteiger partial charge in [0, 0.05) is 0 Å². The predicted molar refractivity (Wildman–Crippen MR) is 71.0 cm³/mol. The zero-order valence-electron chi connectivity index (χ0n) is 10.8. The number of rotatable bonds is 2. The van der Waals surface area contributed by atoms with E-state index in [0.717, 1.165) is 0 Å². The average molecular weight is 331 g/mol. The summed E-state index contributed by atoms with van der Waals surface area (Å²) in [6, 6.07) is 5.17. The molecule has 0 atom stereocenters. The molecule has 1 aromatic heterocycles. The fourth-order valence-corrected chi connectivity index (χ4v) is 0.705. The van der Waals surface area contributed by atoms with Crippen molar-refractivity contribution in [1.29, 1.82) is 0 Å². The molecule has 0 unspecified atom stereocenters. The molecule has 0 aliphatic rings. The first kappa shape index (κ1) is 21.2. The summed E-state index contributed by atoms with van der Waals surface area (Å²) in [7, 11) is -7.33. The van der Waals surface area contributed by atoms with Crippen molar-refractivity contribution < 1.29 is 36.2 Å². The van der Waals surface area contributed by atoms with E-state index in [1.807, 2.05) is 0 Å². The molecule has 0 saturated heterocycles. The third-order valence-electron chi connectivity index (χ3n) is 1.19. The van der Waals surface area contributed by atoms with Crippen LogP contribution in [0.2, 0.25) is 0 Å². The van der Waals surface area contributed by atoms with Crippen molar-refractivity contribution >= 4 is 20.2 Å². The highest BCUT2D eigenvalue weighted by Crippen LogP contribution is 1.98. The van der Waals surface area contributed by atoms with Crippen molar-refractivity contribution in [2.75, 3.05) is 12.5 Å². The number of nitrogens with zero attached hydrogens (tertiary/aromatic N) is 1. The van der Waals surface area contributed by atoms with Gasteiger partial charge in [0.2, 0.25) is 0 Å². The first-order chi connectivity index (χ1) is 8.86. The van der Waals surface area contributed by atoms with Crippen LogP contribution in [0.3, 0.4) is 0 Å². The van der Waals surface area contributed by atoms with Gasteiger partial charge in [-0.1, -0.05) is 6.07 Å². The Morgan fingerprint density at radius 2 is 1.15 bits per heavy atom. The van der Waals surface area contributed by atoms with Crippen LogP contribution in [0.15, 0.2) is 18.2 Å². The average Bonchev–Trinajstić information content (AvgIpc) is 2.24. The third kappa shape index (κ3) is 25.7. The lowest BCUT2D eigenvalue weighted by atomic mass is 10.3. The Morgan fingerprint density at radius 1 is 0.900 bits per heavy atom. The van der Waals surface area contributed by atoms with Gasteiger partial charge in [0.05, 0.1) is 37.1 Å². The van der Waals surface area contributed by atoms with Gasteiger partial charge in [-0.3, -0.25) is 14.1 Å². The number of aliphatic hydroxyl groups excluding tert-OH is 2. The molecular formula is C9H17NO8S2. The van der Waals surface area contributed by atoms with E-state index >= 15 is 0 Å². The van der Waals surface area contributed by atoms with Gasteiger partial charge in [-0.15, -0.1) is 0 Å². The van der Waals surface area contributed by atoms with Crippen molar-refractivity contribution in [2.45, 2.75) is 13.2 Å². The van der Waals surface area contributed by atoms with E-state index in [4.69, 9.17) is 19.3 Å². The topological polar surface area (TPSA) is 162 Å². The minimum Gasteiger partial charge on any atom is -0.390 e. The maximum Gasteiger partial charge on any atom is 0.261 e. The van der Waals surface area contributed by atoms with Gasteiger partial charge in [-0.2, -0.15) is 16.8 Å². The molecule has 0 radical (unpaired) electrons. The molecule has 0 aliphatic heterocycles. The third-order valence-corrected chi connectivity index (χ3v) is 1.19.